The zero-order valence-electron chi connectivity index (χ0n) is 16.0. The summed E-state index contributed by atoms with van der Waals surface area (Å²) in [7, 11) is 1.43. The van der Waals surface area contributed by atoms with Crippen LogP contribution in [0.25, 0.3) is 6.08 Å². The number of carboxylic acids is 1. The summed E-state index contributed by atoms with van der Waals surface area (Å²) in [6, 6.07) is 12.1. The van der Waals surface area contributed by atoms with Crippen LogP contribution in [0.3, 0.4) is 0 Å². The van der Waals surface area contributed by atoms with Crippen LogP contribution in [0.15, 0.2) is 48.5 Å². The summed E-state index contributed by atoms with van der Waals surface area (Å²) in [4.78, 5) is 23.0. The molecule has 0 spiro atoms. The number of carboxylic acid groups (broad SMARTS) is 1. The molecule has 0 heterocycles. The van der Waals surface area contributed by atoms with Crippen LogP contribution in [0.5, 0.6) is 17.2 Å². The third-order valence-electron chi connectivity index (χ3n) is 3.87. The van der Waals surface area contributed by atoms with Crippen LogP contribution in [0.1, 0.15) is 35.7 Å². The molecular weight excluding hydrogens is 360 g/mol. The minimum Gasteiger partial charge on any atom is -0.494 e. The van der Waals surface area contributed by atoms with Crippen LogP contribution in [-0.4, -0.2) is 37.2 Å². The number of allylic oxidation sites excluding steroid dienone is 1. The van der Waals surface area contributed by atoms with Crippen molar-refractivity contribution in [1.29, 1.82) is 0 Å². The lowest BCUT2D eigenvalue weighted by molar-refractivity contribution is -0.139. The monoisotopic (exact) mass is 384 g/mol. The van der Waals surface area contributed by atoms with Crippen molar-refractivity contribution in [2.24, 2.45) is 0 Å². The van der Waals surface area contributed by atoms with Crippen molar-refractivity contribution in [2.75, 3.05) is 20.3 Å². The van der Waals surface area contributed by atoms with Crippen molar-refractivity contribution >= 4 is 17.8 Å². The van der Waals surface area contributed by atoms with Gasteiger partial charge in [-0.15, -0.1) is 0 Å². The first-order valence-corrected chi connectivity index (χ1v) is 9.01. The number of methoxy groups -OCH3 is 1. The van der Waals surface area contributed by atoms with Gasteiger partial charge in [-0.3, -0.25) is 4.79 Å². The molecule has 0 aliphatic carbocycles. The first kappa shape index (κ1) is 21.0. The number of carbonyl (C=O) groups is 2. The molecule has 0 aliphatic rings. The molecule has 28 heavy (non-hydrogen) atoms. The van der Waals surface area contributed by atoms with E-state index in [1.807, 2.05) is 24.3 Å². The number of ether oxygens (including phenoxy) is 3. The second kappa shape index (κ2) is 10.8. The standard InChI is InChI=1S/C22H24O6/c1-3-4-13-27-18-9-5-16(6-10-18)7-11-19(23)17-8-12-20(21(14-17)26-2)28-15-22(24)25/h5-12,14H,3-4,13,15H2,1-2H3,(H,24,25)/b11-7+. The third-order valence-corrected chi connectivity index (χ3v) is 3.87. The summed E-state index contributed by atoms with van der Waals surface area (Å²) in [5, 5.41) is 8.69. The zero-order chi connectivity index (χ0) is 20.4. The lowest BCUT2D eigenvalue weighted by Crippen LogP contribution is -2.10. The van der Waals surface area contributed by atoms with Gasteiger partial charge >= 0.3 is 5.97 Å². The normalized spacial score (nSPS) is 10.6. The maximum Gasteiger partial charge on any atom is 0.341 e. The molecule has 0 radical (unpaired) electrons. The molecule has 2 aromatic rings. The van der Waals surface area contributed by atoms with Crippen LogP contribution < -0.4 is 14.2 Å². The predicted octanol–water partition coefficient (Wildman–Crippen LogP) is 4.23. The Bertz CT molecular complexity index is 823. The van der Waals surface area contributed by atoms with Crippen molar-refractivity contribution in [3.63, 3.8) is 0 Å². The first-order chi connectivity index (χ1) is 13.5. The summed E-state index contributed by atoms with van der Waals surface area (Å²) >= 11 is 0. The van der Waals surface area contributed by atoms with Gasteiger partial charge in [-0.2, -0.15) is 0 Å². The fraction of sp³-hybridized carbons (Fsp3) is 0.273. The molecule has 0 saturated carbocycles. The Morgan fingerprint density at radius 2 is 1.79 bits per heavy atom. The Hall–Kier alpha value is -3.28. The average Bonchev–Trinajstić information content (AvgIpc) is 2.71. The van der Waals surface area contributed by atoms with Gasteiger partial charge in [0.1, 0.15) is 5.75 Å². The highest BCUT2D eigenvalue weighted by Gasteiger charge is 2.10. The average molecular weight is 384 g/mol. The van der Waals surface area contributed by atoms with Gasteiger partial charge in [-0.1, -0.05) is 31.6 Å². The molecule has 0 amide bonds. The maximum atomic E-state index is 12.4. The molecule has 0 bridgehead atoms. The highest BCUT2D eigenvalue weighted by atomic mass is 16.5. The predicted molar refractivity (Wildman–Crippen MR) is 106 cm³/mol. The first-order valence-electron chi connectivity index (χ1n) is 9.01. The van der Waals surface area contributed by atoms with E-state index in [2.05, 4.69) is 6.92 Å². The van der Waals surface area contributed by atoms with E-state index in [1.54, 1.807) is 12.1 Å². The second-order valence-corrected chi connectivity index (χ2v) is 6.02. The summed E-state index contributed by atoms with van der Waals surface area (Å²) in [6.07, 6.45) is 5.29. The van der Waals surface area contributed by atoms with E-state index in [-0.39, 0.29) is 11.5 Å². The Labute approximate surface area is 164 Å². The molecular formula is C22H24O6. The molecule has 0 fully saturated rings. The SMILES string of the molecule is CCCCOc1ccc(/C=C/C(=O)c2ccc(OCC(=O)O)c(OC)c2)cc1. The van der Waals surface area contributed by atoms with Crippen LogP contribution in [-0.2, 0) is 4.79 Å². The molecule has 1 N–H and O–H groups in total. The van der Waals surface area contributed by atoms with Crippen LogP contribution in [0.2, 0.25) is 0 Å². The molecule has 2 aromatic carbocycles. The van der Waals surface area contributed by atoms with E-state index in [0.717, 1.165) is 24.2 Å². The fourth-order valence-electron chi connectivity index (χ4n) is 2.36. The van der Waals surface area contributed by atoms with Gasteiger partial charge in [0.05, 0.1) is 13.7 Å². The lowest BCUT2D eigenvalue weighted by atomic mass is 10.1. The van der Waals surface area contributed by atoms with Crippen LogP contribution >= 0.6 is 0 Å². The molecule has 0 unspecified atom stereocenters. The number of ketones is 1. The molecule has 2 rings (SSSR count). The summed E-state index contributed by atoms with van der Waals surface area (Å²) in [6.45, 7) is 2.32. The van der Waals surface area contributed by atoms with Crippen molar-refractivity contribution in [3.05, 3.63) is 59.7 Å². The number of hydrogen-bond acceptors (Lipinski definition) is 5. The molecule has 0 atom stereocenters. The van der Waals surface area contributed by atoms with E-state index in [1.165, 1.54) is 25.3 Å². The van der Waals surface area contributed by atoms with Gasteiger partial charge in [-0.05, 0) is 48.4 Å². The molecule has 0 aromatic heterocycles. The van der Waals surface area contributed by atoms with Crippen molar-refractivity contribution < 1.29 is 28.9 Å². The van der Waals surface area contributed by atoms with Gasteiger partial charge < -0.3 is 19.3 Å². The van der Waals surface area contributed by atoms with Gasteiger partial charge in [0.15, 0.2) is 23.9 Å². The Morgan fingerprint density at radius 3 is 2.43 bits per heavy atom. The van der Waals surface area contributed by atoms with E-state index < -0.39 is 12.6 Å². The largest absolute Gasteiger partial charge is 0.494 e. The highest BCUT2D eigenvalue weighted by molar-refractivity contribution is 6.07. The van der Waals surface area contributed by atoms with E-state index >= 15 is 0 Å². The zero-order valence-corrected chi connectivity index (χ0v) is 16.0. The number of carbonyl (C=O) groups excluding carboxylic acids is 1. The Morgan fingerprint density at radius 1 is 1.04 bits per heavy atom. The molecule has 0 saturated heterocycles. The Kier molecular flexibility index (Phi) is 8.09. The topological polar surface area (TPSA) is 82.1 Å². The van der Waals surface area contributed by atoms with E-state index in [0.29, 0.717) is 17.9 Å². The van der Waals surface area contributed by atoms with Gasteiger partial charge in [-0.25, -0.2) is 4.79 Å². The van der Waals surface area contributed by atoms with Crippen LogP contribution in [0, 0.1) is 0 Å². The lowest BCUT2D eigenvalue weighted by Gasteiger charge is -2.10. The molecule has 6 nitrogen and oxygen atoms in total. The summed E-state index contributed by atoms with van der Waals surface area (Å²) in [5.41, 5.74) is 1.29. The van der Waals surface area contributed by atoms with Crippen LogP contribution in [0.4, 0.5) is 0 Å². The number of benzene rings is 2. The smallest absolute Gasteiger partial charge is 0.341 e. The van der Waals surface area contributed by atoms with Gasteiger partial charge in [0.25, 0.3) is 0 Å². The second-order valence-electron chi connectivity index (χ2n) is 6.02. The maximum absolute atomic E-state index is 12.4. The third kappa shape index (κ3) is 6.46. The number of hydrogen-bond donors (Lipinski definition) is 1. The molecule has 148 valence electrons. The summed E-state index contributed by atoms with van der Waals surface area (Å²) < 4.78 is 15.9. The molecule has 6 heteroatoms. The minimum absolute atomic E-state index is 0.202. The highest BCUT2D eigenvalue weighted by Crippen LogP contribution is 2.28. The fourth-order valence-corrected chi connectivity index (χ4v) is 2.36. The summed E-state index contributed by atoms with van der Waals surface area (Å²) in [5.74, 6) is 0.0788. The quantitative estimate of drug-likeness (QED) is 0.355. The van der Waals surface area contributed by atoms with E-state index in [9.17, 15) is 9.59 Å². The minimum atomic E-state index is -1.09. The number of aliphatic carboxylic acids is 1. The molecule has 0 aliphatic heterocycles. The van der Waals surface area contributed by atoms with Gasteiger partial charge in [0.2, 0.25) is 0 Å². The number of unbranched alkanes of at least 4 members (excludes halogenated alkanes) is 1. The van der Waals surface area contributed by atoms with Crippen molar-refractivity contribution in [3.8, 4) is 17.2 Å². The Balaban J connectivity index is 2.02. The number of rotatable bonds is 11. The van der Waals surface area contributed by atoms with E-state index in [4.69, 9.17) is 19.3 Å². The van der Waals surface area contributed by atoms with Crippen molar-refractivity contribution in [1.82, 2.24) is 0 Å². The van der Waals surface area contributed by atoms with Crippen molar-refractivity contribution in [2.45, 2.75) is 19.8 Å². The van der Waals surface area contributed by atoms with Gasteiger partial charge in [0, 0.05) is 5.56 Å².